The van der Waals surface area contributed by atoms with Crippen LogP contribution in [0.1, 0.15) is 41.0 Å². The summed E-state index contributed by atoms with van der Waals surface area (Å²) in [7, 11) is 0. The molecule has 0 bridgehead atoms. The molecule has 1 aliphatic carbocycles. The number of pyridine rings is 1. The zero-order chi connectivity index (χ0) is 25.3. The molecule has 0 aliphatic heterocycles. The van der Waals surface area contributed by atoms with Crippen LogP contribution in [0.15, 0.2) is 79.8 Å². The van der Waals surface area contributed by atoms with Gasteiger partial charge in [-0.15, -0.1) is 11.3 Å². The molecular formula is C28H31N5O2S. The number of nitrogens with one attached hydrogen (secondary N) is 1. The van der Waals surface area contributed by atoms with E-state index in [0.717, 1.165) is 58.3 Å². The Labute approximate surface area is 215 Å². The van der Waals surface area contributed by atoms with Crippen molar-refractivity contribution >= 4 is 27.5 Å². The topological polar surface area (TPSA) is 116 Å². The van der Waals surface area contributed by atoms with Crippen molar-refractivity contribution in [3.63, 3.8) is 0 Å². The van der Waals surface area contributed by atoms with E-state index < -0.39 is 0 Å². The van der Waals surface area contributed by atoms with Crippen LogP contribution in [0.5, 0.6) is 5.75 Å². The Morgan fingerprint density at radius 1 is 1.08 bits per heavy atom. The maximum Gasteiger partial charge on any atom is 0.280 e. The molecule has 1 aliphatic rings. The number of thiazole rings is 1. The fraction of sp³-hybridized carbons (Fsp3) is 0.250. The number of nitrogens with two attached hydrogens (primary N) is 2. The number of hydrogen-bond donors (Lipinski definition) is 3. The molecule has 2 aromatic heterocycles. The van der Waals surface area contributed by atoms with Crippen LogP contribution in [-0.4, -0.2) is 28.0 Å². The molecule has 186 valence electrons. The molecule has 4 aromatic rings. The predicted octanol–water partition coefficient (Wildman–Crippen LogP) is 5.03. The molecule has 7 nitrogen and oxygen atoms in total. The Morgan fingerprint density at radius 2 is 1.78 bits per heavy atom. The Kier molecular flexibility index (Phi) is 8.65. The number of aromatic nitrogens is 2. The molecule has 1 saturated carbocycles. The number of carbonyl (C=O) groups excluding carboxylic acids is 1. The number of nitrogens with zero attached hydrogens (tertiary/aromatic N) is 2. The molecule has 8 heteroatoms. The number of benzene rings is 2. The summed E-state index contributed by atoms with van der Waals surface area (Å²) in [6.07, 6.45) is 8.69. The summed E-state index contributed by atoms with van der Waals surface area (Å²) in [5, 5.41) is 3.41. The largest absolute Gasteiger partial charge is 0.488 e. The summed E-state index contributed by atoms with van der Waals surface area (Å²) in [4.78, 5) is 21.7. The second-order valence-electron chi connectivity index (χ2n) is 8.63. The van der Waals surface area contributed by atoms with Gasteiger partial charge in [-0.05, 0) is 72.8 Å². The second kappa shape index (κ2) is 12.3. The lowest BCUT2D eigenvalue weighted by Crippen LogP contribution is -2.31. The average Bonchev–Trinajstić information content (AvgIpc) is 3.35. The van der Waals surface area contributed by atoms with E-state index in [9.17, 15) is 4.79 Å². The van der Waals surface area contributed by atoms with Crippen molar-refractivity contribution in [2.45, 2.75) is 44.4 Å². The standard InChI is InChI=1S/C26H26N4O2S.C2H5N/c27-20-6-8-21(9-7-20)32-22-14-19(18-10-12-28-13-11-18)15-23-24(22)30-26(33-23)25(31)29-16-17-4-2-1-3-5-17;1-2-3/h1-5,10-15,20-21H,6-9,16,27H2,(H,29,31);2H,1,3H2. The van der Waals surface area contributed by atoms with Gasteiger partial charge in [-0.3, -0.25) is 9.78 Å². The molecule has 2 aromatic carbocycles. The Hall–Kier alpha value is -3.75. The number of ether oxygens (including phenoxy) is 1. The number of hydrogen-bond acceptors (Lipinski definition) is 7. The van der Waals surface area contributed by atoms with E-state index in [1.54, 1.807) is 12.4 Å². The number of carbonyl (C=O) groups is 1. The first-order chi connectivity index (χ1) is 17.6. The fourth-order valence-electron chi connectivity index (χ4n) is 4.14. The van der Waals surface area contributed by atoms with Crippen LogP contribution < -0.4 is 21.5 Å². The summed E-state index contributed by atoms with van der Waals surface area (Å²) in [6, 6.07) is 18.1. The van der Waals surface area contributed by atoms with Crippen molar-refractivity contribution in [1.82, 2.24) is 15.3 Å². The maximum atomic E-state index is 12.9. The van der Waals surface area contributed by atoms with E-state index in [4.69, 9.17) is 10.5 Å². The third kappa shape index (κ3) is 6.47. The molecule has 0 saturated heterocycles. The van der Waals surface area contributed by atoms with Crippen LogP contribution in [0.3, 0.4) is 0 Å². The van der Waals surface area contributed by atoms with Gasteiger partial charge in [0.1, 0.15) is 11.3 Å². The lowest BCUT2D eigenvalue weighted by atomic mass is 9.93. The minimum Gasteiger partial charge on any atom is -0.488 e. The Morgan fingerprint density at radius 3 is 2.47 bits per heavy atom. The van der Waals surface area contributed by atoms with Crippen molar-refractivity contribution in [3.8, 4) is 16.9 Å². The molecule has 0 radical (unpaired) electrons. The van der Waals surface area contributed by atoms with E-state index in [-0.39, 0.29) is 18.1 Å². The monoisotopic (exact) mass is 501 g/mol. The maximum absolute atomic E-state index is 12.9. The van der Waals surface area contributed by atoms with Crippen LogP contribution >= 0.6 is 11.3 Å². The van der Waals surface area contributed by atoms with E-state index >= 15 is 0 Å². The minimum absolute atomic E-state index is 0.109. The van der Waals surface area contributed by atoms with Crippen LogP contribution in [0.25, 0.3) is 21.3 Å². The highest BCUT2D eigenvalue weighted by Crippen LogP contribution is 2.37. The zero-order valence-electron chi connectivity index (χ0n) is 20.1. The van der Waals surface area contributed by atoms with Gasteiger partial charge >= 0.3 is 0 Å². The van der Waals surface area contributed by atoms with Crippen LogP contribution in [-0.2, 0) is 6.54 Å². The molecule has 1 fully saturated rings. The number of rotatable bonds is 6. The van der Waals surface area contributed by atoms with Gasteiger partial charge in [0.05, 0.1) is 10.8 Å². The Balaban J connectivity index is 0.000000967. The van der Waals surface area contributed by atoms with E-state index in [1.165, 1.54) is 17.5 Å². The van der Waals surface area contributed by atoms with Gasteiger partial charge in [0.2, 0.25) is 0 Å². The summed E-state index contributed by atoms with van der Waals surface area (Å²) in [5.41, 5.74) is 14.5. The number of fused-ring (bicyclic) bond motifs is 1. The first kappa shape index (κ1) is 25.3. The molecule has 5 N–H and O–H groups in total. The van der Waals surface area contributed by atoms with Crippen molar-refractivity contribution in [2.75, 3.05) is 0 Å². The lowest BCUT2D eigenvalue weighted by molar-refractivity contribution is 0.0950. The van der Waals surface area contributed by atoms with E-state index in [0.29, 0.717) is 11.6 Å². The fourth-order valence-corrected chi connectivity index (χ4v) is 5.08. The first-order valence-corrected chi connectivity index (χ1v) is 12.8. The van der Waals surface area contributed by atoms with Gasteiger partial charge in [0, 0.05) is 25.0 Å². The average molecular weight is 502 g/mol. The highest BCUT2D eigenvalue weighted by Gasteiger charge is 2.23. The third-order valence-electron chi connectivity index (χ3n) is 5.98. The molecule has 0 atom stereocenters. The first-order valence-electron chi connectivity index (χ1n) is 12.0. The SMILES string of the molecule is C=CN.NC1CCC(Oc2cc(-c3ccncc3)cc3sc(C(=O)NCc4ccccc4)nc23)CC1. The number of amides is 1. The smallest absolute Gasteiger partial charge is 0.280 e. The van der Waals surface area contributed by atoms with Crippen LogP contribution in [0.4, 0.5) is 0 Å². The van der Waals surface area contributed by atoms with Gasteiger partial charge in [-0.1, -0.05) is 36.9 Å². The van der Waals surface area contributed by atoms with Crippen molar-refractivity contribution < 1.29 is 9.53 Å². The lowest BCUT2D eigenvalue weighted by Gasteiger charge is -2.27. The molecule has 0 spiro atoms. The van der Waals surface area contributed by atoms with Gasteiger partial charge < -0.3 is 21.5 Å². The van der Waals surface area contributed by atoms with E-state index in [1.807, 2.05) is 48.5 Å². The normalized spacial score (nSPS) is 17.0. The van der Waals surface area contributed by atoms with Gasteiger partial charge in [0.15, 0.2) is 5.01 Å². The minimum atomic E-state index is -0.180. The quantitative estimate of drug-likeness (QED) is 0.341. The van der Waals surface area contributed by atoms with E-state index in [2.05, 4.69) is 33.7 Å². The zero-order valence-corrected chi connectivity index (χ0v) is 20.9. The van der Waals surface area contributed by atoms with Crippen molar-refractivity contribution in [3.05, 3.63) is 90.3 Å². The predicted molar refractivity (Wildman–Crippen MR) is 146 cm³/mol. The van der Waals surface area contributed by atoms with Gasteiger partial charge in [0.25, 0.3) is 5.91 Å². The highest BCUT2D eigenvalue weighted by molar-refractivity contribution is 7.20. The molecule has 36 heavy (non-hydrogen) atoms. The summed E-state index contributed by atoms with van der Waals surface area (Å²) >= 11 is 1.39. The summed E-state index contributed by atoms with van der Waals surface area (Å²) in [5.74, 6) is 0.540. The molecule has 1 amide bonds. The second-order valence-corrected chi connectivity index (χ2v) is 9.67. The highest BCUT2D eigenvalue weighted by atomic mass is 32.1. The summed E-state index contributed by atoms with van der Waals surface area (Å²) < 4.78 is 7.37. The van der Waals surface area contributed by atoms with Crippen LogP contribution in [0.2, 0.25) is 0 Å². The molecular weight excluding hydrogens is 470 g/mol. The van der Waals surface area contributed by atoms with Gasteiger partial charge in [-0.2, -0.15) is 0 Å². The van der Waals surface area contributed by atoms with Crippen molar-refractivity contribution in [2.24, 2.45) is 11.5 Å². The van der Waals surface area contributed by atoms with Crippen molar-refractivity contribution in [1.29, 1.82) is 0 Å². The molecule has 0 unspecified atom stereocenters. The molecule has 2 heterocycles. The summed E-state index contributed by atoms with van der Waals surface area (Å²) in [6.45, 7) is 3.60. The molecule has 5 rings (SSSR count). The van der Waals surface area contributed by atoms with Gasteiger partial charge in [-0.25, -0.2) is 4.98 Å². The Bertz CT molecular complexity index is 1290. The van der Waals surface area contributed by atoms with Crippen LogP contribution in [0, 0.1) is 0 Å². The third-order valence-corrected chi connectivity index (χ3v) is 6.98.